The van der Waals surface area contributed by atoms with Crippen LogP contribution in [0, 0.1) is 17.1 Å². The molecule has 20 heavy (non-hydrogen) atoms. The van der Waals surface area contributed by atoms with Crippen LogP contribution in [0.4, 0.5) is 13.2 Å². The number of alkyl halides is 2. The molecule has 6 nitrogen and oxygen atoms in total. The summed E-state index contributed by atoms with van der Waals surface area (Å²) in [4.78, 5) is 9.25. The van der Waals surface area contributed by atoms with Crippen molar-refractivity contribution in [3.8, 4) is 6.07 Å². The Labute approximate surface area is 111 Å². The van der Waals surface area contributed by atoms with Crippen LogP contribution in [0.3, 0.4) is 0 Å². The largest absolute Gasteiger partial charge is 0.423 e. The molecule has 0 saturated heterocycles. The highest BCUT2D eigenvalue weighted by atomic mass is 32.2. The van der Waals surface area contributed by atoms with Crippen LogP contribution in [0.25, 0.3) is 0 Å². The van der Waals surface area contributed by atoms with Gasteiger partial charge in [-0.1, -0.05) is 0 Å². The molecular weight excluding hydrogens is 301 g/mol. The zero-order valence-electron chi connectivity index (χ0n) is 9.64. The molecular formula is C10H7F3N2O4S. The molecule has 0 radical (unpaired) electrons. The van der Waals surface area contributed by atoms with Crippen LogP contribution in [0.1, 0.15) is 11.1 Å². The number of hydrogen-bond donors (Lipinski definition) is 1. The minimum atomic E-state index is -4.49. The average molecular weight is 308 g/mol. The molecule has 1 aromatic rings. The van der Waals surface area contributed by atoms with Gasteiger partial charge in [-0.2, -0.15) is 9.65 Å². The molecule has 0 aliphatic carbocycles. The molecule has 0 aromatic heterocycles. The number of primary sulfonamides is 1. The summed E-state index contributed by atoms with van der Waals surface area (Å²) in [6.45, 7) is -2.52. The number of sulfonamides is 1. The van der Waals surface area contributed by atoms with Gasteiger partial charge < -0.3 is 4.74 Å². The number of ether oxygens (including phenoxy) is 1. The molecule has 1 rings (SSSR count). The van der Waals surface area contributed by atoms with E-state index >= 15 is 0 Å². The first-order valence-corrected chi connectivity index (χ1v) is 6.38. The zero-order valence-corrected chi connectivity index (χ0v) is 10.5. The molecule has 0 amide bonds. The predicted molar refractivity (Wildman–Crippen MR) is 58.4 cm³/mol. The fourth-order valence-electron chi connectivity index (χ4n) is 1.50. The lowest BCUT2D eigenvalue weighted by atomic mass is 10.0. The van der Waals surface area contributed by atoms with Crippen LogP contribution in [0.5, 0.6) is 0 Å². The Morgan fingerprint density at radius 3 is 2.50 bits per heavy atom. The Morgan fingerprint density at radius 1 is 1.50 bits per heavy atom. The number of hydrogen-bond acceptors (Lipinski definition) is 5. The van der Waals surface area contributed by atoms with E-state index in [4.69, 9.17) is 10.4 Å². The van der Waals surface area contributed by atoms with Crippen LogP contribution < -0.4 is 5.14 Å². The lowest BCUT2D eigenvalue weighted by molar-refractivity contribution is -0.175. The number of rotatable bonds is 5. The number of benzene rings is 1. The van der Waals surface area contributed by atoms with E-state index in [1.165, 1.54) is 6.07 Å². The summed E-state index contributed by atoms with van der Waals surface area (Å²) in [6.07, 6.45) is 0. The van der Waals surface area contributed by atoms with E-state index in [1.807, 2.05) is 0 Å². The van der Waals surface area contributed by atoms with Gasteiger partial charge in [-0.05, 0) is 12.1 Å². The first-order valence-electron chi connectivity index (χ1n) is 4.83. The van der Waals surface area contributed by atoms with Crippen molar-refractivity contribution >= 4 is 16.5 Å². The molecule has 0 fully saturated rings. The normalized spacial score (nSPS) is 14.2. The molecule has 0 bridgehead atoms. The second-order valence-corrected chi connectivity index (χ2v) is 5.06. The van der Waals surface area contributed by atoms with E-state index < -0.39 is 50.9 Å². The van der Waals surface area contributed by atoms with E-state index in [2.05, 4.69) is 4.74 Å². The van der Waals surface area contributed by atoms with Gasteiger partial charge in [-0.3, -0.25) is 4.79 Å². The van der Waals surface area contributed by atoms with Gasteiger partial charge in [0.25, 0.3) is 6.47 Å². The lowest BCUT2D eigenvalue weighted by Gasteiger charge is -2.22. The summed E-state index contributed by atoms with van der Waals surface area (Å²) in [6, 6.07) is 2.29. The first-order chi connectivity index (χ1) is 9.21. The van der Waals surface area contributed by atoms with Crippen LogP contribution in [-0.2, 0) is 25.4 Å². The molecule has 108 valence electrons. The zero-order chi connectivity index (χ0) is 15.6. The number of nitriles is 1. The van der Waals surface area contributed by atoms with Crippen LogP contribution in [-0.4, -0.2) is 21.6 Å². The predicted octanol–water partition coefficient (Wildman–Crippen LogP) is 0.610. The summed E-state index contributed by atoms with van der Waals surface area (Å²) in [5, 5.41) is 13.6. The lowest BCUT2D eigenvalue weighted by Crippen LogP contribution is -2.30. The molecule has 1 aromatic carbocycles. The smallest absolute Gasteiger partial charge is 0.308 e. The van der Waals surface area contributed by atoms with Crippen LogP contribution >= 0.6 is 0 Å². The molecule has 1 atom stereocenters. The molecule has 2 N–H and O–H groups in total. The van der Waals surface area contributed by atoms with E-state index in [9.17, 15) is 26.4 Å². The van der Waals surface area contributed by atoms with Gasteiger partial charge >= 0.3 is 5.85 Å². The maximum Gasteiger partial charge on any atom is 0.308 e. The Hall–Kier alpha value is -2.12. The Morgan fingerprint density at radius 2 is 2.10 bits per heavy atom. The second kappa shape index (κ2) is 5.48. The van der Waals surface area contributed by atoms with Gasteiger partial charge in [-0.15, -0.1) is 0 Å². The number of carbonyl (C=O) groups excluding carboxylic acids is 1. The molecule has 1 unspecified atom stereocenters. The van der Waals surface area contributed by atoms with Gasteiger partial charge in [0.05, 0.1) is 11.1 Å². The van der Waals surface area contributed by atoms with Crippen molar-refractivity contribution < 1.29 is 31.1 Å². The van der Waals surface area contributed by atoms with Gasteiger partial charge in [0, 0.05) is 0 Å². The Kier molecular flexibility index (Phi) is 4.36. The number of nitrogens with zero attached hydrogens (tertiary/aromatic N) is 1. The highest BCUT2D eigenvalue weighted by molar-refractivity contribution is 7.89. The van der Waals surface area contributed by atoms with Crippen molar-refractivity contribution in [2.24, 2.45) is 5.14 Å². The molecule has 0 aliphatic rings. The van der Waals surface area contributed by atoms with Crippen LogP contribution in [0.2, 0.25) is 0 Å². The summed E-state index contributed by atoms with van der Waals surface area (Å²) in [5.41, 5.74) is -2.42. The summed E-state index contributed by atoms with van der Waals surface area (Å²) >= 11 is 0. The average Bonchev–Trinajstić information content (AvgIpc) is 2.36. The molecule has 0 heterocycles. The maximum atomic E-state index is 14.1. The molecule has 0 saturated carbocycles. The fourth-order valence-corrected chi connectivity index (χ4v) is 2.19. The third kappa shape index (κ3) is 2.73. The van der Waals surface area contributed by atoms with Gasteiger partial charge in [0.2, 0.25) is 10.0 Å². The Balaban J connectivity index is 3.79. The number of nitrogens with two attached hydrogens (primary N) is 1. The third-order valence-corrected chi connectivity index (χ3v) is 3.27. The third-order valence-electron chi connectivity index (χ3n) is 2.31. The molecule has 0 aliphatic heterocycles. The highest BCUT2D eigenvalue weighted by Gasteiger charge is 2.41. The van der Waals surface area contributed by atoms with E-state index in [-0.39, 0.29) is 0 Å². The van der Waals surface area contributed by atoms with Crippen molar-refractivity contribution in [2.75, 3.05) is 6.67 Å². The summed E-state index contributed by atoms with van der Waals surface area (Å²) < 4.78 is 66.7. The quantitative estimate of drug-likeness (QED) is 0.801. The standard InChI is InChI=1S/C10H7F3N2O4S/c11-4-10(13,19-5-16)9-6(3-14)8(20(15,17)18)2-1-7(9)12/h1-2,5H,4H2,(H2,15,17,18). The van der Waals surface area contributed by atoms with E-state index in [1.54, 1.807) is 0 Å². The van der Waals surface area contributed by atoms with Crippen molar-refractivity contribution in [1.29, 1.82) is 5.26 Å². The topological polar surface area (TPSA) is 110 Å². The molecule has 0 spiro atoms. The minimum Gasteiger partial charge on any atom is -0.423 e. The summed E-state index contributed by atoms with van der Waals surface area (Å²) in [7, 11) is -4.49. The van der Waals surface area contributed by atoms with Crippen molar-refractivity contribution in [1.82, 2.24) is 0 Å². The van der Waals surface area contributed by atoms with Gasteiger partial charge in [0.15, 0.2) is 6.67 Å². The fraction of sp³-hybridized carbons (Fsp3) is 0.200. The molecule has 10 heteroatoms. The second-order valence-electron chi connectivity index (χ2n) is 3.53. The van der Waals surface area contributed by atoms with Crippen molar-refractivity contribution in [3.05, 3.63) is 29.1 Å². The minimum absolute atomic E-state index is 0.466. The number of carbonyl (C=O) groups is 1. The van der Waals surface area contributed by atoms with E-state index in [0.717, 1.165) is 0 Å². The van der Waals surface area contributed by atoms with Crippen molar-refractivity contribution in [2.45, 2.75) is 10.8 Å². The van der Waals surface area contributed by atoms with Crippen molar-refractivity contribution in [3.63, 3.8) is 0 Å². The van der Waals surface area contributed by atoms with Crippen LogP contribution in [0.15, 0.2) is 17.0 Å². The highest BCUT2D eigenvalue weighted by Crippen LogP contribution is 2.35. The SMILES string of the molecule is N#Cc1c(S(N)(=O)=O)ccc(F)c1C(F)(CF)OC=O. The first kappa shape index (κ1) is 15.9. The van der Waals surface area contributed by atoms with Gasteiger partial charge in [-0.25, -0.2) is 22.3 Å². The summed E-state index contributed by atoms with van der Waals surface area (Å²) in [5.74, 6) is -5.09. The number of halogens is 3. The van der Waals surface area contributed by atoms with E-state index in [0.29, 0.717) is 12.1 Å². The maximum absolute atomic E-state index is 14.1. The monoisotopic (exact) mass is 308 g/mol. The Bertz CT molecular complexity index is 686. The van der Waals surface area contributed by atoms with Gasteiger partial charge in [0.1, 0.15) is 16.8 Å².